The van der Waals surface area contributed by atoms with E-state index >= 15 is 0 Å². The van der Waals surface area contributed by atoms with Crippen LogP contribution in [0.3, 0.4) is 0 Å². The number of nitrogens with one attached hydrogen (secondary N) is 2. The summed E-state index contributed by atoms with van der Waals surface area (Å²) in [6.45, 7) is 4.01. The SMILES string of the molecule is CC(C)Oc1ccc2ccccc2c1CNC(=O)C(=O)Nc1ccc2c(c1)n(C)c(=O)n2C. The lowest BCUT2D eigenvalue weighted by atomic mass is 10.0. The lowest BCUT2D eigenvalue weighted by molar-refractivity contribution is -0.136. The number of carbonyl (C=O) groups is 2. The van der Waals surface area contributed by atoms with Crippen molar-refractivity contribution in [3.8, 4) is 5.75 Å². The van der Waals surface area contributed by atoms with Gasteiger partial charge in [0.15, 0.2) is 0 Å². The average molecular weight is 447 g/mol. The average Bonchev–Trinajstić information content (AvgIpc) is 3.01. The van der Waals surface area contributed by atoms with Crippen molar-refractivity contribution in [2.45, 2.75) is 26.5 Å². The molecule has 0 radical (unpaired) electrons. The highest BCUT2D eigenvalue weighted by atomic mass is 16.5. The van der Waals surface area contributed by atoms with Crippen LogP contribution < -0.4 is 21.1 Å². The summed E-state index contributed by atoms with van der Waals surface area (Å²) in [7, 11) is 3.34. The Bertz CT molecular complexity index is 1430. The first-order chi connectivity index (χ1) is 15.8. The molecule has 0 aliphatic carbocycles. The Morgan fingerprint density at radius 3 is 2.42 bits per heavy atom. The fourth-order valence-corrected chi connectivity index (χ4v) is 3.88. The molecule has 170 valence electrons. The van der Waals surface area contributed by atoms with Crippen LogP contribution in [0.1, 0.15) is 19.4 Å². The molecule has 0 spiro atoms. The Kier molecular flexibility index (Phi) is 5.91. The number of carbonyl (C=O) groups excluding carboxylic acids is 2. The number of nitrogens with zero attached hydrogens (tertiary/aromatic N) is 2. The van der Waals surface area contributed by atoms with Crippen LogP contribution in [0.25, 0.3) is 21.8 Å². The maximum Gasteiger partial charge on any atom is 0.328 e. The predicted molar refractivity (Wildman–Crippen MR) is 128 cm³/mol. The van der Waals surface area contributed by atoms with Crippen molar-refractivity contribution in [1.82, 2.24) is 14.5 Å². The van der Waals surface area contributed by atoms with Crippen LogP contribution >= 0.6 is 0 Å². The molecule has 8 nitrogen and oxygen atoms in total. The normalized spacial score (nSPS) is 11.2. The molecule has 2 amide bonds. The Morgan fingerprint density at radius 1 is 0.939 bits per heavy atom. The monoisotopic (exact) mass is 446 g/mol. The first kappa shape index (κ1) is 22.1. The van der Waals surface area contributed by atoms with Crippen molar-refractivity contribution in [2.24, 2.45) is 14.1 Å². The number of ether oxygens (including phenoxy) is 1. The zero-order chi connectivity index (χ0) is 23.7. The molecule has 0 saturated heterocycles. The number of aromatic nitrogens is 2. The van der Waals surface area contributed by atoms with Crippen LogP contribution in [0.15, 0.2) is 59.4 Å². The van der Waals surface area contributed by atoms with Crippen molar-refractivity contribution >= 4 is 39.3 Å². The van der Waals surface area contributed by atoms with Gasteiger partial charge in [-0.25, -0.2) is 4.79 Å². The fourth-order valence-electron chi connectivity index (χ4n) is 3.88. The molecule has 33 heavy (non-hydrogen) atoms. The molecule has 0 saturated carbocycles. The minimum atomic E-state index is -0.790. The van der Waals surface area contributed by atoms with Crippen LogP contribution in [0, 0.1) is 0 Å². The van der Waals surface area contributed by atoms with Gasteiger partial charge in [-0.2, -0.15) is 0 Å². The van der Waals surface area contributed by atoms with Gasteiger partial charge >= 0.3 is 17.5 Å². The number of benzene rings is 3. The minimum Gasteiger partial charge on any atom is -0.491 e. The smallest absolute Gasteiger partial charge is 0.328 e. The van der Waals surface area contributed by atoms with Gasteiger partial charge in [-0.3, -0.25) is 18.7 Å². The van der Waals surface area contributed by atoms with Crippen LogP contribution in [0.5, 0.6) is 5.75 Å². The lowest BCUT2D eigenvalue weighted by Crippen LogP contribution is -2.35. The molecular formula is C25H26N4O4. The predicted octanol–water partition coefficient (Wildman–Crippen LogP) is 3.07. The van der Waals surface area contributed by atoms with Crippen LogP contribution in [0.4, 0.5) is 5.69 Å². The highest BCUT2D eigenvalue weighted by Gasteiger charge is 2.17. The Labute approximate surface area is 190 Å². The molecule has 0 bridgehead atoms. The number of anilines is 1. The second-order valence-electron chi connectivity index (χ2n) is 8.17. The summed E-state index contributed by atoms with van der Waals surface area (Å²) in [6, 6.07) is 16.7. The molecular weight excluding hydrogens is 420 g/mol. The molecule has 0 unspecified atom stereocenters. The first-order valence-corrected chi connectivity index (χ1v) is 10.7. The summed E-state index contributed by atoms with van der Waals surface area (Å²) < 4.78 is 8.93. The summed E-state index contributed by atoms with van der Waals surface area (Å²) >= 11 is 0. The van der Waals surface area contributed by atoms with E-state index in [1.165, 1.54) is 9.13 Å². The first-order valence-electron chi connectivity index (χ1n) is 10.7. The van der Waals surface area contributed by atoms with Gasteiger partial charge in [-0.05, 0) is 48.9 Å². The van der Waals surface area contributed by atoms with Gasteiger partial charge in [-0.1, -0.05) is 30.3 Å². The van der Waals surface area contributed by atoms with Crippen LogP contribution in [-0.2, 0) is 30.2 Å². The topological polar surface area (TPSA) is 94.4 Å². The van der Waals surface area contributed by atoms with Gasteiger partial charge in [0.05, 0.1) is 17.1 Å². The summed E-state index contributed by atoms with van der Waals surface area (Å²) in [5.74, 6) is -0.887. The lowest BCUT2D eigenvalue weighted by Gasteiger charge is -2.17. The molecule has 3 aromatic carbocycles. The van der Waals surface area contributed by atoms with E-state index in [1.54, 1.807) is 32.3 Å². The van der Waals surface area contributed by atoms with Crippen molar-refractivity contribution in [2.75, 3.05) is 5.32 Å². The van der Waals surface area contributed by atoms with E-state index in [9.17, 15) is 14.4 Å². The molecule has 2 N–H and O–H groups in total. The third kappa shape index (κ3) is 4.32. The van der Waals surface area contributed by atoms with E-state index in [0.717, 1.165) is 21.9 Å². The van der Waals surface area contributed by atoms with E-state index in [4.69, 9.17) is 4.74 Å². The molecule has 1 aromatic heterocycles. The summed E-state index contributed by atoms with van der Waals surface area (Å²) in [5, 5.41) is 7.27. The second-order valence-corrected chi connectivity index (χ2v) is 8.17. The summed E-state index contributed by atoms with van der Waals surface area (Å²) in [5.41, 5.74) is 2.47. The van der Waals surface area contributed by atoms with E-state index < -0.39 is 11.8 Å². The Morgan fingerprint density at radius 2 is 1.67 bits per heavy atom. The van der Waals surface area contributed by atoms with Crippen LogP contribution in [-0.4, -0.2) is 27.1 Å². The van der Waals surface area contributed by atoms with Crippen LogP contribution in [0.2, 0.25) is 0 Å². The molecule has 0 fully saturated rings. The molecule has 4 rings (SSSR count). The second kappa shape index (κ2) is 8.82. The number of fused-ring (bicyclic) bond motifs is 2. The van der Waals surface area contributed by atoms with Gasteiger partial charge in [0.1, 0.15) is 5.75 Å². The van der Waals surface area contributed by atoms with E-state index in [2.05, 4.69) is 10.6 Å². The van der Waals surface area contributed by atoms with Gasteiger partial charge in [0.2, 0.25) is 0 Å². The summed E-state index contributed by atoms with van der Waals surface area (Å²) in [4.78, 5) is 37.2. The van der Waals surface area contributed by atoms with Gasteiger partial charge in [0, 0.05) is 31.9 Å². The van der Waals surface area contributed by atoms with Crippen molar-refractivity contribution in [3.05, 3.63) is 70.6 Å². The molecule has 0 aliphatic heterocycles. The Balaban J connectivity index is 1.52. The van der Waals surface area contributed by atoms with E-state index in [0.29, 0.717) is 17.0 Å². The fraction of sp³-hybridized carbons (Fsp3) is 0.240. The number of rotatable bonds is 5. The van der Waals surface area contributed by atoms with E-state index in [1.807, 2.05) is 50.2 Å². The molecule has 4 aromatic rings. The van der Waals surface area contributed by atoms with Gasteiger partial charge in [0.25, 0.3) is 0 Å². The maximum atomic E-state index is 12.6. The molecule has 0 aliphatic rings. The molecule has 8 heteroatoms. The standard InChI is InChI=1S/C25H26N4O4/c1-15(2)33-22-12-9-16-7-5-6-8-18(16)19(22)14-26-23(30)24(31)27-17-10-11-20-21(13-17)29(4)25(32)28(20)3/h5-13,15H,14H2,1-4H3,(H,26,30)(H,27,31). The third-order valence-corrected chi connectivity index (χ3v) is 5.52. The van der Waals surface area contributed by atoms with Crippen molar-refractivity contribution in [1.29, 1.82) is 0 Å². The highest BCUT2D eigenvalue weighted by Crippen LogP contribution is 2.29. The number of amides is 2. The zero-order valence-electron chi connectivity index (χ0n) is 19.0. The van der Waals surface area contributed by atoms with Gasteiger partial charge < -0.3 is 15.4 Å². The van der Waals surface area contributed by atoms with Crippen molar-refractivity contribution < 1.29 is 14.3 Å². The zero-order valence-corrected chi connectivity index (χ0v) is 19.0. The number of aryl methyl sites for hydroxylation is 2. The Hall–Kier alpha value is -4.07. The van der Waals surface area contributed by atoms with Gasteiger partial charge in [-0.15, -0.1) is 0 Å². The number of hydrogen-bond donors (Lipinski definition) is 2. The number of imidazole rings is 1. The van der Waals surface area contributed by atoms with E-state index in [-0.39, 0.29) is 18.3 Å². The summed E-state index contributed by atoms with van der Waals surface area (Å²) in [6.07, 6.45) is -0.0345. The largest absolute Gasteiger partial charge is 0.491 e. The molecule has 0 atom stereocenters. The minimum absolute atomic E-state index is 0.0345. The highest BCUT2D eigenvalue weighted by molar-refractivity contribution is 6.39. The quantitative estimate of drug-likeness (QED) is 0.461. The molecule has 1 heterocycles. The number of hydrogen-bond acceptors (Lipinski definition) is 4. The third-order valence-electron chi connectivity index (χ3n) is 5.52. The van der Waals surface area contributed by atoms with Crippen molar-refractivity contribution in [3.63, 3.8) is 0 Å². The maximum absolute atomic E-state index is 12.6.